The molecule has 0 spiro atoms. The summed E-state index contributed by atoms with van der Waals surface area (Å²) in [5, 5.41) is 4.30. The minimum atomic E-state index is 0.629. The second-order valence-electron chi connectivity index (χ2n) is 11.2. The van der Waals surface area contributed by atoms with Crippen LogP contribution in [-0.4, -0.2) is 16.2 Å². The van der Waals surface area contributed by atoms with Crippen LogP contribution in [0.4, 0.5) is 0 Å². The van der Waals surface area contributed by atoms with Crippen molar-refractivity contribution in [2.75, 3.05) is 11.9 Å². The van der Waals surface area contributed by atoms with Crippen LogP contribution in [0, 0.1) is 0 Å². The third-order valence-corrected chi connectivity index (χ3v) is 8.45. The van der Waals surface area contributed by atoms with Gasteiger partial charge in [0.25, 0.3) is 0 Å². The second-order valence-corrected chi connectivity index (χ2v) is 13.1. The van der Waals surface area contributed by atoms with Gasteiger partial charge < -0.3 is 5.32 Å². The van der Waals surface area contributed by atoms with Crippen LogP contribution in [0.1, 0.15) is 186 Å². The van der Waals surface area contributed by atoms with Crippen molar-refractivity contribution in [3.8, 4) is 0 Å². The Balaban J connectivity index is 3.02. The van der Waals surface area contributed by atoms with E-state index >= 15 is 0 Å². The van der Waals surface area contributed by atoms with Crippen LogP contribution >= 0.6 is 40.8 Å². The van der Waals surface area contributed by atoms with Gasteiger partial charge >= 0.3 is 0 Å². The van der Waals surface area contributed by atoms with Gasteiger partial charge in [-0.05, 0) is 12.8 Å². The number of alkyl halides is 1. The quantitative estimate of drug-likeness (QED) is 0.0352. The molecule has 0 aromatic carbocycles. The molecule has 0 aliphatic heterocycles. The average molecular weight is 607 g/mol. The Hall–Kier alpha value is 0.720. The Morgan fingerprint density at radius 3 is 0.778 bits per heavy atom. The molecule has 0 bridgehead atoms. The summed E-state index contributed by atoms with van der Waals surface area (Å²) in [6, 6.07) is 0. The van der Waals surface area contributed by atoms with Crippen LogP contribution in [0.25, 0.3) is 0 Å². The molecule has 4 heteroatoms. The zero-order valence-corrected chi connectivity index (χ0v) is 27.5. The first kappa shape index (κ1) is 36.7. The zero-order chi connectivity index (χ0) is 26.2. The van der Waals surface area contributed by atoms with E-state index in [1.807, 2.05) is 0 Å². The van der Waals surface area contributed by atoms with Crippen molar-refractivity contribution in [3.63, 3.8) is 0 Å². The summed E-state index contributed by atoms with van der Waals surface area (Å²) in [5.74, 6) is 0. The van der Waals surface area contributed by atoms with E-state index in [1.54, 1.807) is 0 Å². The zero-order valence-electron chi connectivity index (χ0n) is 24.2. The van der Waals surface area contributed by atoms with Gasteiger partial charge in [0.15, 0.2) is 0 Å². The van der Waals surface area contributed by atoms with Crippen LogP contribution in [0.2, 0.25) is 0 Å². The molecule has 0 radical (unpaired) electrons. The van der Waals surface area contributed by atoms with Crippen LogP contribution in [0.5, 0.6) is 0 Å². The maximum Gasteiger partial charge on any atom is 0.130 e. The molecule has 0 aromatic rings. The lowest BCUT2D eigenvalue weighted by molar-refractivity contribution is 0.513. The molecule has 0 amide bonds. The van der Waals surface area contributed by atoms with Crippen molar-refractivity contribution < 1.29 is 0 Å². The van der Waals surface area contributed by atoms with Gasteiger partial charge in [-0.3, -0.25) is 0 Å². The van der Waals surface area contributed by atoms with Gasteiger partial charge in [-0.1, -0.05) is 202 Å². The number of unbranched alkanes of at least 4 members (excludes halogenated alkanes) is 28. The summed E-state index contributed by atoms with van der Waals surface area (Å²) in [5.41, 5.74) is 0. The first-order chi connectivity index (χ1) is 17.8. The van der Waals surface area contributed by atoms with Crippen LogP contribution < -0.4 is 5.32 Å². The normalized spacial score (nSPS) is 11.3. The predicted octanol–water partition coefficient (Wildman–Crippen LogP) is 12.5. The van der Waals surface area contributed by atoms with E-state index in [0.717, 1.165) is 6.54 Å². The summed E-state index contributed by atoms with van der Waals surface area (Å²) in [6.45, 7) is 0.987. The number of thiocarbonyl (C=S) groups is 1. The smallest absolute Gasteiger partial charge is 0.130 e. The van der Waals surface area contributed by atoms with Gasteiger partial charge in [0.1, 0.15) is 4.32 Å². The topological polar surface area (TPSA) is 12.0 Å². The van der Waals surface area contributed by atoms with Crippen molar-refractivity contribution in [2.24, 2.45) is 0 Å². The molecule has 36 heavy (non-hydrogen) atoms. The van der Waals surface area contributed by atoms with Crippen molar-refractivity contribution in [1.29, 1.82) is 0 Å². The molecule has 0 saturated heterocycles. The lowest BCUT2D eigenvalue weighted by Gasteiger charge is -2.05. The van der Waals surface area contributed by atoms with Gasteiger partial charge in [-0.2, -0.15) is 0 Å². The van der Waals surface area contributed by atoms with E-state index in [9.17, 15) is 0 Å². The van der Waals surface area contributed by atoms with Crippen LogP contribution in [-0.2, 0) is 0 Å². The standard InChI is InChI=1S/C32H64BrNS2/c33-30-28-26-24-22-20-18-16-14-12-10-8-6-4-2-1-3-5-7-9-11-13-15-17-19-21-23-25-27-29-31-34-32(35)36/h1-31H2,(H2,34,35,36). The molecule has 0 fully saturated rings. The molecule has 0 atom stereocenters. The fraction of sp³-hybridized carbons (Fsp3) is 0.969. The van der Waals surface area contributed by atoms with E-state index in [-0.39, 0.29) is 0 Å². The van der Waals surface area contributed by atoms with E-state index < -0.39 is 0 Å². The first-order valence-electron chi connectivity index (χ1n) is 16.3. The molecule has 0 saturated carbocycles. The Morgan fingerprint density at radius 2 is 0.583 bits per heavy atom. The molecular weight excluding hydrogens is 542 g/mol. The molecule has 0 rings (SSSR count). The van der Waals surface area contributed by atoms with Gasteiger partial charge in [-0.25, -0.2) is 0 Å². The Morgan fingerprint density at radius 1 is 0.389 bits per heavy atom. The largest absolute Gasteiger partial charge is 0.371 e. The maximum absolute atomic E-state index is 4.90. The molecule has 1 nitrogen and oxygen atoms in total. The minimum Gasteiger partial charge on any atom is -0.371 e. The lowest BCUT2D eigenvalue weighted by atomic mass is 10.0. The minimum absolute atomic E-state index is 0.629. The monoisotopic (exact) mass is 605 g/mol. The van der Waals surface area contributed by atoms with E-state index in [4.69, 9.17) is 12.2 Å². The van der Waals surface area contributed by atoms with Gasteiger partial charge in [0.2, 0.25) is 0 Å². The number of thiol groups is 1. The molecule has 0 aliphatic carbocycles. The molecular formula is C32H64BrNS2. The van der Waals surface area contributed by atoms with Crippen molar-refractivity contribution in [1.82, 2.24) is 5.32 Å². The third-order valence-electron chi connectivity index (χ3n) is 7.59. The van der Waals surface area contributed by atoms with Crippen molar-refractivity contribution in [3.05, 3.63) is 0 Å². The predicted molar refractivity (Wildman–Crippen MR) is 177 cm³/mol. The summed E-state index contributed by atoms with van der Waals surface area (Å²) in [7, 11) is 0. The molecule has 0 heterocycles. The van der Waals surface area contributed by atoms with E-state index in [2.05, 4.69) is 33.9 Å². The number of rotatable bonds is 31. The summed E-state index contributed by atoms with van der Waals surface area (Å²) < 4.78 is 0.629. The highest BCUT2D eigenvalue weighted by molar-refractivity contribution is 9.09. The fourth-order valence-corrected chi connectivity index (χ4v) is 5.80. The van der Waals surface area contributed by atoms with Gasteiger partial charge in [0, 0.05) is 11.9 Å². The van der Waals surface area contributed by atoms with Crippen molar-refractivity contribution >= 4 is 45.1 Å². The average Bonchev–Trinajstić information content (AvgIpc) is 2.87. The molecule has 0 aromatic heterocycles. The first-order valence-corrected chi connectivity index (χ1v) is 18.3. The molecule has 0 aliphatic rings. The van der Waals surface area contributed by atoms with Crippen molar-refractivity contribution in [2.45, 2.75) is 186 Å². The van der Waals surface area contributed by atoms with Gasteiger partial charge in [0.05, 0.1) is 0 Å². The summed E-state index contributed by atoms with van der Waals surface area (Å²) in [4.78, 5) is 0. The highest BCUT2D eigenvalue weighted by atomic mass is 79.9. The number of nitrogens with one attached hydrogen (secondary N) is 1. The summed E-state index contributed by atoms with van der Waals surface area (Å²) >= 11 is 12.5. The number of hydrogen-bond donors (Lipinski definition) is 2. The Bertz CT molecular complexity index is 419. The van der Waals surface area contributed by atoms with Crippen LogP contribution in [0.15, 0.2) is 0 Å². The van der Waals surface area contributed by atoms with Gasteiger partial charge in [-0.15, -0.1) is 12.6 Å². The molecule has 1 N–H and O–H groups in total. The summed E-state index contributed by atoms with van der Waals surface area (Å²) in [6.07, 6.45) is 41.9. The maximum atomic E-state index is 4.90. The van der Waals surface area contributed by atoms with E-state index in [0.29, 0.717) is 4.32 Å². The third kappa shape index (κ3) is 34.7. The fourth-order valence-electron chi connectivity index (χ4n) is 5.19. The Labute approximate surface area is 247 Å². The molecule has 0 unspecified atom stereocenters. The lowest BCUT2D eigenvalue weighted by Crippen LogP contribution is -2.17. The second kappa shape index (κ2) is 33.7. The highest BCUT2D eigenvalue weighted by Gasteiger charge is 1.97. The highest BCUT2D eigenvalue weighted by Crippen LogP contribution is 2.16. The Kier molecular flexibility index (Phi) is 34.4. The van der Waals surface area contributed by atoms with Crippen LogP contribution in [0.3, 0.4) is 0 Å². The number of halogens is 1. The SMILES string of the molecule is S=C(S)NCCCCCCCCCCCCCCCCCCCCCCCCCCCCCCCBr. The number of hydrogen-bond acceptors (Lipinski definition) is 1. The van der Waals surface area contributed by atoms with E-state index in [1.165, 1.54) is 192 Å². The molecule has 216 valence electrons.